The van der Waals surface area contributed by atoms with Gasteiger partial charge in [-0.05, 0) is 40.5 Å². The Morgan fingerprint density at radius 3 is 2.92 bits per heavy atom. The van der Waals surface area contributed by atoms with Gasteiger partial charge in [0.15, 0.2) is 6.20 Å². The number of hydrogen-bond acceptors (Lipinski definition) is 1. The van der Waals surface area contributed by atoms with Crippen molar-refractivity contribution in [3.05, 3.63) is 45.7 Å². The maximum absolute atomic E-state index is 11.4. The first-order chi connectivity index (χ1) is 6.18. The van der Waals surface area contributed by atoms with Crippen LogP contribution in [-0.2, 0) is 0 Å². The van der Waals surface area contributed by atoms with Crippen molar-refractivity contribution in [1.82, 2.24) is 0 Å². The highest BCUT2D eigenvalue weighted by Gasteiger charge is 2.06. The van der Waals surface area contributed by atoms with Crippen molar-refractivity contribution >= 4 is 26.8 Å². The van der Waals surface area contributed by atoms with Gasteiger partial charge in [-0.1, -0.05) is 0 Å². The van der Waals surface area contributed by atoms with Gasteiger partial charge in [0.05, 0.1) is 5.39 Å². The first-order valence-corrected chi connectivity index (χ1v) is 4.76. The molecule has 13 heavy (non-hydrogen) atoms. The van der Waals surface area contributed by atoms with E-state index in [9.17, 15) is 5.21 Å². The average Bonchev–Trinajstić information content (AvgIpc) is 2.07. The molecular formula is C10H8BrNO. The number of hydrogen-bond donors (Lipinski definition) is 0. The Labute approximate surface area is 84.5 Å². The van der Waals surface area contributed by atoms with Crippen LogP contribution in [0.25, 0.3) is 10.9 Å². The van der Waals surface area contributed by atoms with Crippen LogP contribution in [0.15, 0.2) is 34.9 Å². The SMILES string of the molecule is Cc1cc(Br)c2ccc[n+]([O-])c2c1. The third kappa shape index (κ3) is 1.40. The van der Waals surface area contributed by atoms with E-state index in [-0.39, 0.29) is 0 Å². The first kappa shape index (κ1) is 8.51. The molecule has 0 aliphatic heterocycles. The van der Waals surface area contributed by atoms with E-state index in [1.807, 2.05) is 25.1 Å². The van der Waals surface area contributed by atoms with Crippen LogP contribution in [-0.4, -0.2) is 0 Å². The van der Waals surface area contributed by atoms with Gasteiger partial charge in [-0.25, -0.2) is 0 Å². The number of nitrogens with zero attached hydrogens (tertiary/aromatic N) is 1. The quantitative estimate of drug-likeness (QED) is 0.511. The molecule has 0 amide bonds. The molecule has 1 heterocycles. The fraction of sp³-hybridized carbons (Fsp3) is 0.100. The molecule has 0 bridgehead atoms. The number of benzene rings is 1. The second-order valence-electron chi connectivity index (χ2n) is 3.01. The Hall–Kier alpha value is -1.09. The molecule has 0 N–H and O–H groups in total. The second-order valence-corrected chi connectivity index (χ2v) is 3.87. The molecule has 0 fully saturated rings. The zero-order valence-corrected chi connectivity index (χ0v) is 8.71. The lowest BCUT2D eigenvalue weighted by molar-refractivity contribution is -0.577. The number of fused-ring (bicyclic) bond motifs is 1. The normalized spacial score (nSPS) is 10.6. The molecule has 2 nitrogen and oxygen atoms in total. The summed E-state index contributed by atoms with van der Waals surface area (Å²) < 4.78 is 1.85. The summed E-state index contributed by atoms with van der Waals surface area (Å²) in [5.74, 6) is 0. The molecule has 0 unspecified atom stereocenters. The van der Waals surface area contributed by atoms with Crippen molar-refractivity contribution in [1.29, 1.82) is 0 Å². The van der Waals surface area contributed by atoms with Gasteiger partial charge in [0.25, 0.3) is 0 Å². The summed E-state index contributed by atoms with van der Waals surface area (Å²) in [7, 11) is 0. The van der Waals surface area contributed by atoms with Gasteiger partial charge >= 0.3 is 0 Å². The molecule has 2 aromatic rings. The van der Waals surface area contributed by atoms with Crippen LogP contribution in [0.4, 0.5) is 0 Å². The highest BCUT2D eigenvalue weighted by molar-refractivity contribution is 9.10. The van der Waals surface area contributed by atoms with Crippen molar-refractivity contribution < 1.29 is 4.73 Å². The van der Waals surface area contributed by atoms with Crippen LogP contribution in [0.1, 0.15) is 5.56 Å². The monoisotopic (exact) mass is 237 g/mol. The molecule has 3 heteroatoms. The Bertz CT molecular complexity index is 468. The topological polar surface area (TPSA) is 26.9 Å². The lowest BCUT2D eigenvalue weighted by atomic mass is 10.1. The summed E-state index contributed by atoms with van der Waals surface area (Å²) in [6, 6.07) is 7.55. The van der Waals surface area contributed by atoms with Gasteiger partial charge in [0.2, 0.25) is 5.52 Å². The van der Waals surface area contributed by atoms with Crippen molar-refractivity contribution in [3.8, 4) is 0 Å². The minimum atomic E-state index is 0.703. The predicted molar refractivity (Wildman–Crippen MR) is 55.3 cm³/mol. The lowest BCUT2D eigenvalue weighted by Crippen LogP contribution is -2.25. The molecule has 0 spiro atoms. The molecule has 0 saturated heterocycles. The van der Waals surface area contributed by atoms with Crippen molar-refractivity contribution in [2.45, 2.75) is 6.92 Å². The van der Waals surface area contributed by atoms with E-state index in [2.05, 4.69) is 15.9 Å². The van der Waals surface area contributed by atoms with Crippen molar-refractivity contribution in [2.75, 3.05) is 0 Å². The molecule has 0 radical (unpaired) electrons. The van der Waals surface area contributed by atoms with Crippen LogP contribution in [0.3, 0.4) is 0 Å². The van der Waals surface area contributed by atoms with Crippen LogP contribution in [0.5, 0.6) is 0 Å². The first-order valence-electron chi connectivity index (χ1n) is 3.96. The molecule has 0 saturated carbocycles. The summed E-state index contributed by atoms with van der Waals surface area (Å²) in [5.41, 5.74) is 1.78. The van der Waals surface area contributed by atoms with E-state index in [1.165, 1.54) is 6.20 Å². The third-order valence-corrected chi connectivity index (χ3v) is 2.63. The van der Waals surface area contributed by atoms with Gasteiger partial charge in [0.1, 0.15) is 0 Å². The molecule has 1 aromatic heterocycles. The van der Waals surface area contributed by atoms with Gasteiger partial charge in [-0.3, -0.25) is 0 Å². The van der Waals surface area contributed by atoms with E-state index in [0.717, 1.165) is 20.2 Å². The van der Waals surface area contributed by atoms with Gasteiger partial charge in [-0.2, -0.15) is 4.73 Å². The largest absolute Gasteiger partial charge is 0.618 e. The fourth-order valence-electron chi connectivity index (χ4n) is 1.38. The smallest absolute Gasteiger partial charge is 0.225 e. The number of pyridine rings is 1. The summed E-state index contributed by atoms with van der Waals surface area (Å²) in [6.45, 7) is 1.97. The lowest BCUT2D eigenvalue weighted by Gasteiger charge is -2.03. The third-order valence-electron chi connectivity index (χ3n) is 1.97. The van der Waals surface area contributed by atoms with E-state index in [1.54, 1.807) is 6.07 Å². The predicted octanol–water partition coefficient (Wildman–Crippen LogP) is 2.54. The minimum Gasteiger partial charge on any atom is -0.618 e. The van der Waals surface area contributed by atoms with E-state index >= 15 is 0 Å². The van der Waals surface area contributed by atoms with Gasteiger partial charge < -0.3 is 5.21 Å². The summed E-state index contributed by atoms with van der Waals surface area (Å²) in [4.78, 5) is 0. The Kier molecular flexibility index (Phi) is 1.96. The maximum atomic E-state index is 11.4. The Balaban J connectivity index is 2.94. The Morgan fingerprint density at radius 1 is 1.38 bits per heavy atom. The number of halogens is 1. The van der Waals surface area contributed by atoms with Crippen molar-refractivity contribution in [2.24, 2.45) is 0 Å². The molecule has 66 valence electrons. The van der Waals surface area contributed by atoms with Crippen LogP contribution >= 0.6 is 15.9 Å². The van der Waals surface area contributed by atoms with Crippen LogP contribution in [0, 0.1) is 12.1 Å². The second kappa shape index (κ2) is 3.00. The fourth-order valence-corrected chi connectivity index (χ4v) is 2.08. The van der Waals surface area contributed by atoms with Gasteiger partial charge in [-0.15, -0.1) is 0 Å². The minimum absolute atomic E-state index is 0.703. The highest BCUT2D eigenvalue weighted by Crippen LogP contribution is 2.22. The number of aromatic nitrogens is 1. The Morgan fingerprint density at radius 2 is 2.15 bits per heavy atom. The van der Waals surface area contributed by atoms with E-state index < -0.39 is 0 Å². The summed E-state index contributed by atoms with van der Waals surface area (Å²) in [6.07, 6.45) is 1.51. The van der Waals surface area contributed by atoms with Crippen molar-refractivity contribution in [3.63, 3.8) is 0 Å². The maximum Gasteiger partial charge on any atom is 0.225 e. The molecular weight excluding hydrogens is 230 g/mol. The zero-order chi connectivity index (χ0) is 9.42. The molecule has 0 aliphatic carbocycles. The summed E-state index contributed by atoms with van der Waals surface area (Å²) >= 11 is 3.43. The summed E-state index contributed by atoms with van der Waals surface area (Å²) in [5, 5.41) is 12.3. The van der Waals surface area contributed by atoms with Crippen LogP contribution in [0.2, 0.25) is 0 Å². The zero-order valence-electron chi connectivity index (χ0n) is 7.12. The molecule has 1 aromatic carbocycles. The standard InChI is InChI=1S/C10H8BrNO/c1-7-5-9(11)8-3-2-4-12(13)10(8)6-7/h2-6H,1H3. The average molecular weight is 238 g/mol. The number of rotatable bonds is 0. The van der Waals surface area contributed by atoms with E-state index in [4.69, 9.17) is 0 Å². The highest BCUT2D eigenvalue weighted by atomic mass is 79.9. The van der Waals surface area contributed by atoms with Crippen LogP contribution < -0.4 is 4.73 Å². The van der Waals surface area contributed by atoms with E-state index in [0.29, 0.717) is 5.52 Å². The number of aryl methyl sites for hydroxylation is 1. The van der Waals surface area contributed by atoms with Gasteiger partial charge in [0, 0.05) is 16.6 Å². The molecule has 0 aliphatic rings. The molecule has 2 rings (SSSR count). The molecule has 0 atom stereocenters.